The van der Waals surface area contributed by atoms with Crippen molar-refractivity contribution in [1.82, 2.24) is 10.1 Å². The van der Waals surface area contributed by atoms with E-state index >= 15 is 0 Å². The van der Waals surface area contributed by atoms with Crippen LogP contribution in [0.3, 0.4) is 0 Å². The Morgan fingerprint density at radius 3 is 2.57 bits per heavy atom. The predicted octanol–water partition coefficient (Wildman–Crippen LogP) is 3.71. The molecule has 0 spiro atoms. The van der Waals surface area contributed by atoms with Gasteiger partial charge >= 0.3 is 12.4 Å². The molecule has 3 rings (SSSR count). The molecule has 2 heterocycles. The number of hydrogen-bond acceptors (Lipinski definition) is 5. The van der Waals surface area contributed by atoms with Gasteiger partial charge in [-0.1, -0.05) is 17.3 Å². The quantitative estimate of drug-likeness (QED) is 0.822. The number of hydrogen-bond donors (Lipinski definition) is 2. The zero-order chi connectivity index (χ0) is 20.5. The number of urea groups is 1. The van der Waals surface area contributed by atoms with E-state index < -0.39 is 17.7 Å². The lowest BCUT2D eigenvalue weighted by atomic mass is 9.84. The molecule has 1 aromatic carbocycles. The Bertz CT molecular complexity index is 839. The van der Waals surface area contributed by atoms with E-state index in [-0.39, 0.29) is 32.0 Å². The van der Waals surface area contributed by atoms with Gasteiger partial charge in [-0.3, -0.25) is 0 Å². The van der Waals surface area contributed by atoms with Crippen LogP contribution in [-0.4, -0.2) is 40.6 Å². The Balaban J connectivity index is 1.65. The Kier molecular flexibility index (Phi) is 5.24. The standard InChI is InChI=1S/C18H20F3N3O4/c1-11-15(12(2)28-23-11)22-16(25)24-8-6-17(26,7-9-24)13-4-3-5-14(10-13)27-18(19,20)21/h3-5,10,26H,6-9H2,1-2H3,(H,22,25). The molecule has 152 valence electrons. The van der Waals surface area contributed by atoms with Crippen molar-refractivity contribution < 1.29 is 32.3 Å². The SMILES string of the molecule is Cc1noc(C)c1NC(=O)N1CCC(O)(c2cccc(OC(F)(F)F)c2)CC1. The third-order valence-electron chi connectivity index (χ3n) is 4.75. The minimum absolute atomic E-state index is 0.178. The van der Waals surface area contributed by atoms with Gasteiger partial charge in [0.05, 0.1) is 5.60 Å². The van der Waals surface area contributed by atoms with Crippen LogP contribution in [0.2, 0.25) is 0 Å². The van der Waals surface area contributed by atoms with Crippen molar-refractivity contribution in [3.63, 3.8) is 0 Å². The Hall–Kier alpha value is -2.75. The molecule has 28 heavy (non-hydrogen) atoms. The Morgan fingerprint density at radius 1 is 1.32 bits per heavy atom. The molecule has 1 saturated heterocycles. The smallest absolute Gasteiger partial charge is 0.406 e. The predicted molar refractivity (Wildman–Crippen MR) is 92.8 cm³/mol. The number of alkyl halides is 3. The van der Waals surface area contributed by atoms with Crippen LogP contribution in [0.1, 0.15) is 29.9 Å². The van der Waals surface area contributed by atoms with Gasteiger partial charge in [0.2, 0.25) is 0 Å². The number of aliphatic hydroxyl groups is 1. The molecule has 0 unspecified atom stereocenters. The van der Waals surface area contributed by atoms with E-state index in [0.29, 0.717) is 22.7 Å². The number of halogens is 3. The van der Waals surface area contributed by atoms with E-state index in [1.54, 1.807) is 19.9 Å². The minimum Gasteiger partial charge on any atom is -0.406 e. The van der Waals surface area contributed by atoms with Crippen LogP contribution in [0.25, 0.3) is 0 Å². The average molecular weight is 399 g/mol. The number of piperidine rings is 1. The number of ether oxygens (including phenoxy) is 1. The Labute approximate surface area is 159 Å². The summed E-state index contributed by atoms with van der Waals surface area (Å²) < 4.78 is 46.2. The first kappa shape index (κ1) is 20.0. The molecule has 0 saturated carbocycles. The van der Waals surface area contributed by atoms with Crippen molar-refractivity contribution in [2.24, 2.45) is 0 Å². The number of nitrogens with zero attached hydrogens (tertiary/aromatic N) is 2. The fraction of sp³-hybridized carbons (Fsp3) is 0.444. The molecule has 7 nitrogen and oxygen atoms in total. The third kappa shape index (κ3) is 4.38. The van der Waals surface area contributed by atoms with Crippen LogP contribution < -0.4 is 10.1 Å². The van der Waals surface area contributed by atoms with E-state index in [0.717, 1.165) is 0 Å². The first-order valence-electron chi connectivity index (χ1n) is 8.65. The number of carbonyl (C=O) groups is 1. The highest BCUT2D eigenvalue weighted by atomic mass is 19.4. The van der Waals surface area contributed by atoms with Crippen molar-refractivity contribution in [1.29, 1.82) is 0 Å². The average Bonchev–Trinajstić information content (AvgIpc) is 2.93. The van der Waals surface area contributed by atoms with Crippen molar-refractivity contribution in [3.8, 4) is 5.75 Å². The summed E-state index contributed by atoms with van der Waals surface area (Å²) in [6, 6.07) is 4.93. The maximum atomic E-state index is 12.4. The summed E-state index contributed by atoms with van der Waals surface area (Å²) in [6.07, 6.45) is -4.45. The molecule has 10 heteroatoms. The van der Waals surface area contributed by atoms with Crippen molar-refractivity contribution in [2.45, 2.75) is 38.7 Å². The van der Waals surface area contributed by atoms with Gasteiger partial charge < -0.3 is 24.6 Å². The van der Waals surface area contributed by atoms with Crippen LogP contribution in [0.5, 0.6) is 5.75 Å². The van der Waals surface area contributed by atoms with Crippen molar-refractivity contribution in [3.05, 3.63) is 41.3 Å². The summed E-state index contributed by atoms with van der Waals surface area (Å²) in [7, 11) is 0. The highest BCUT2D eigenvalue weighted by Crippen LogP contribution is 2.35. The highest BCUT2D eigenvalue weighted by molar-refractivity contribution is 5.90. The molecule has 2 aromatic rings. The van der Waals surface area contributed by atoms with Crippen LogP contribution in [0.4, 0.5) is 23.7 Å². The van der Waals surface area contributed by atoms with E-state index in [1.165, 1.54) is 23.1 Å². The second-order valence-corrected chi connectivity index (χ2v) is 6.72. The molecule has 0 radical (unpaired) electrons. The monoisotopic (exact) mass is 399 g/mol. The second-order valence-electron chi connectivity index (χ2n) is 6.72. The maximum absolute atomic E-state index is 12.4. The molecule has 1 aromatic heterocycles. The molecular formula is C18H20F3N3O4. The van der Waals surface area contributed by atoms with Gasteiger partial charge in [0.1, 0.15) is 17.1 Å². The molecule has 1 aliphatic rings. The van der Waals surface area contributed by atoms with Crippen molar-refractivity contribution >= 4 is 11.7 Å². The normalized spacial score (nSPS) is 16.7. The summed E-state index contributed by atoms with van der Waals surface area (Å²) in [4.78, 5) is 14.0. The fourth-order valence-corrected chi connectivity index (χ4v) is 3.20. The molecule has 1 fully saturated rings. The number of benzene rings is 1. The molecule has 0 aliphatic carbocycles. The van der Waals surface area contributed by atoms with Gasteiger partial charge in [-0.05, 0) is 44.4 Å². The number of likely N-dealkylation sites (tertiary alicyclic amines) is 1. The number of nitrogens with one attached hydrogen (secondary N) is 1. The van der Waals surface area contributed by atoms with Crippen LogP contribution >= 0.6 is 0 Å². The molecule has 2 amide bonds. The third-order valence-corrected chi connectivity index (χ3v) is 4.75. The molecule has 0 bridgehead atoms. The van der Waals surface area contributed by atoms with Crippen molar-refractivity contribution in [2.75, 3.05) is 18.4 Å². The second kappa shape index (κ2) is 7.34. The van der Waals surface area contributed by atoms with Crippen LogP contribution in [-0.2, 0) is 5.60 Å². The molecule has 0 atom stereocenters. The summed E-state index contributed by atoms with van der Waals surface area (Å²) in [5.74, 6) is 0.0952. The van der Waals surface area contributed by atoms with Crippen LogP contribution in [0, 0.1) is 13.8 Å². The Morgan fingerprint density at radius 2 is 2.00 bits per heavy atom. The number of carbonyl (C=O) groups excluding carboxylic acids is 1. The summed E-state index contributed by atoms with van der Waals surface area (Å²) in [6.45, 7) is 3.85. The van der Waals surface area contributed by atoms with Gasteiger partial charge in [-0.15, -0.1) is 13.2 Å². The number of anilines is 1. The van der Waals surface area contributed by atoms with Gasteiger partial charge in [0.15, 0.2) is 5.76 Å². The van der Waals surface area contributed by atoms with E-state index in [4.69, 9.17) is 4.52 Å². The molecule has 1 aliphatic heterocycles. The first-order valence-corrected chi connectivity index (χ1v) is 8.65. The largest absolute Gasteiger partial charge is 0.573 e. The molecular weight excluding hydrogens is 379 g/mol. The maximum Gasteiger partial charge on any atom is 0.573 e. The summed E-state index contributed by atoms with van der Waals surface area (Å²) >= 11 is 0. The van der Waals surface area contributed by atoms with E-state index in [2.05, 4.69) is 15.2 Å². The number of aryl methyl sites for hydroxylation is 2. The van der Waals surface area contributed by atoms with Crippen LogP contribution in [0.15, 0.2) is 28.8 Å². The van der Waals surface area contributed by atoms with Gasteiger partial charge in [-0.25, -0.2) is 4.79 Å². The summed E-state index contributed by atoms with van der Waals surface area (Å²) in [5.41, 5.74) is 0.0360. The highest BCUT2D eigenvalue weighted by Gasteiger charge is 2.37. The van der Waals surface area contributed by atoms with Gasteiger partial charge in [-0.2, -0.15) is 0 Å². The van der Waals surface area contributed by atoms with Gasteiger partial charge in [0.25, 0.3) is 0 Å². The fourth-order valence-electron chi connectivity index (χ4n) is 3.20. The lowest BCUT2D eigenvalue weighted by molar-refractivity contribution is -0.274. The van der Waals surface area contributed by atoms with E-state index in [1.807, 2.05) is 0 Å². The lowest BCUT2D eigenvalue weighted by Gasteiger charge is -2.38. The number of aromatic nitrogens is 1. The first-order chi connectivity index (χ1) is 13.1. The topological polar surface area (TPSA) is 87.8 Å². The number of amides is 2. The van der Waals surface area contributed by atoms with E-state index in [9.17, 15) is 23.1 Å². The zero-order valence-electron chi connectivity index (χ0n) is 15.3. The number of rotatable bonds is 3. The lowest BCUT2D eigenvalue weighted by Crippen LogP contribution is -2.46. The minimum atomic E-state index is -4.80. The van der Waals surface area contributed by atoms with Gasteiger partial charge in [0, 0.05) is 13.1 Å². The summed E-state index contributed by atoms with van der Waals surface area (Å²) in [5, 5.41) is 17.4. The molecule has 2 N–H and O–H groups in total. The zero-order valence-corrected chi connectivity index (χ0v) is 15.3.